The van der Waals surface area contributed by atoms with Gasteiger partial charge in [0.1, 0.15) is 25.0 Å². The van der Waals surface area contributed by atoms with Gasteiger partial charge in [-0.3, -0.25) is 0 Å². The first-order valence-corrected chi connectivity index (χ1v) is 8.82. The molecule has 0 saturated heterocycles. The zero-order valence-corrected chi connectivity index (χ0v) is 15.4. The normalized spacial score (nSPS) is 12.7. The molecule has 3 rings (SSSR count). The van der Waals surface area contributed by atoms with E-state index in [0.717, 1.165) is 22.6 Å². The van der Waals surface area contributed by atoms with Crippen molar-refractivity contribution in [2.75, 3.05) is 6.61 Å². The van der Waals surface area contributed by atoms with Gasteiger partial charge in [0.25, 0.3) is 5.82 Å². The standard InChI is InChI=1S/C21H27N2O2/c1-15(2)17-9-11-19(12-10-17)25-14-18(24)13-23-16(3)22(4)20-7-5-6-8-21(20)23/h5-12,15,18,24H,13-14H2,1-4H3/q+1/t18-/m0/s1. The fraction of sp³-hybridized carbons (Fsp3) is 0.381. The van der Waals surface area contributed by atoms with Crippen molar-refractivity contribution in [3.8, 4) is 5.75 Å². The van der Waals surface area contributed by atoms with Crippen LogP contribution in [0.3, 0.4) is 0 Å². The van der Waals surface area contributed by atoms with E-state index >= 15 is 0 Å². The van der Waals surface area contributed by atoms with Crippen molar-refractivity contribution in [3.63, 3.8) is 0 Å². The summed E-state index contributed by atoms with van der Waals surface area (Å²) in [6, 6.07) is 16.3. The maximum Gasteiger partial charge on any atom is 0.254 e. The fourth-order valence-corrected chi connectivity index (χ4v) is 3.14. The summed E-state index contributed by atoms with van der Waals surface area (Å²) < 4.78 is 10.1. The average Bonchev–Trinajstić information content (AvgIpc) is 2.85. The van der Waals surface area contributed by atoms with Crippen molar-refractivity contribution in [1.29, 1.82) is 0 Å². The van der Waals surface area contributed by atoms with E-state index in [4.69, 9.17) is 4.74 Å². The van der Waals surface area contributed by atoms with E-state index in [9.17, 15) is 5.11 Å². The molecule has 0 saturated carbocycles. The Labute approximate surface area is 149 Å². The lowest BCUT2D eigenvalue weighted by Gasteiger charge is -2.12. The van der Waals surface area contributed by atoms with Crippen molar-refractivity contribution in [1.82, 2.24) is 4.57 Å². The highest BCUT2D eigenvalue weighted by atomic mass is 16.5. The Morgan fingerprint density at radius 2 is 1.76 bits per heavy atom. The van der Waals surface area contributed by atoms with Gasteiger partial charge in [0.15, 0.2) is 11.0 Å². The average molecular weight is 339 g/mol. The maximum atomic E-state index is 10.4. The number of nitrogens with zero attached hydrogens (tertiary/aromatic N) is 2. The van der Waals surface area contributed by atoms with Crippen LogP contribution in [0.4, 0.5) is 0 Å². The molecule has 1 atom stereocenters. The molecular formula is C21H27N2O2+. The number of benzene rings is 2. The second-order valence-corrected chi connectivity index (χ2v) is 6.89. The Balaban J connectivity index is 1.67. The molecule has 132 valence electrons. The van der Waals surface area contributed by atoms with Gasteiger partial charge in [-0.1, -0.05) is 38.1 Å². The highest BCUT2D eigenvalue weighted by Gasteiger charge is 2.21. The van der Waals surface area contributed by atoms with Crippen LogP contribution >= 0.6 is 0 Å². The topological polar surface area (TPSA) is 38.3 Å². The molecule has 0 aliphatic heterocycles. The highest BCUT2D eigenvalue weighted by Crippen LogP contribution is 2.19. The molecule has 0 unspecified atom stereocenters. The highest BCUT2D eigenvalue weighted by molar-refractivity contribution is 5.72. The number of aliphatic hydroxyl groups excluding tert-OH is 1. The molecule has 2 aromatic carbocycles. The van der Waals surface area contributed by atoms with Crippen molar-refractivity contribution in [2.45, 2.75) is 39.3 Å². The molecule has 1 heterocycles. The van der Waals surface area contributed by atoms with E-state index in [1.807, 2.05) is 31.3 Å². The third-order valence-electron chi connectivity index (χ3n) is 4.79. The van der Waals surface area contributed by atoms with Crippen LogP contribution in [-0.2, 0) is 13.6 Å². The van der Waals surface area contributed by atoms with Crippen LogP contribution in [0.1, 0.15) is 31.2 Å². The zero-order chi connectivity index (χ0) is 18.0. The van der Waals surface area contributed by atoms with Crippen molar-refractivity contribution < 1.29 is 14.4 Å². The molecule has 0 spiro atoms. The summed E-state index contributed by atoms with van der Waals surface area (Å²) in [5.41, 5.74) is 3.58. The molecule has 1 N–H and O–H groups in total. The summed E-state index contributed by atoms with van der Waals surface area (Å²) in [6.07, 6.45) is -0.570. The summed E-state index contributed by atoms with van der Waals surface area (Å²) in [7, 11) is 2.05. The first kappa shape index (κ1) is 17.5. The largest absolute Gasteiger partial charge is 0.491 e. The lowest BCUT2D eigenvalue weighted by atomic mass is 10.0. The number of hydrogen-bond acceptors (Lipinski definition) is 2. The predicted molar refractivity (Wildman–Crippen MR) is 99.9 cm³/mol. The second-order valence-electron chi connectivity index (χ2n) is 6.89. The Morgan fingerprint density at radius 1 is 1.08 bits per heavy atom. The van der Waals surface area contributed by atoms with Gasteiger partial charge < -0.3 is 9.84 Å². The quantitative estimate of drug-likeness (QED) is 0.700. The fourth-order valence-electron chi connectivity index (χ4n) is 3.14. The van der Waals surface area contributed by atoms with E-state index in [1.165, 1.54) is 5.56 Å². The molecule has 0 aliphatic rings. The van der Waals surface area contributed by atoms with Crippen molar-refractivity contribution in [2.24, 2.45) is 7.05 Å². The second kappa shape index (κ2) is 7.28. The predicted octanol–water partition coefficient (Wildman–Crippen LogP) is 3.34. The van der Waals surface area contributed by atoms with Gasteiger partial charge in [-0.2, -0.15) is 0 Å². The summed E-state index contributed by atoms with van der Waals surface area (Å²) in [4.78, 5) is 0. The minimum absolute atomic E-state index is 0.274. The lowest BCUT2D eigenvalue weighted by Crippen LogP contribution is -2.32. The van der Waals surface area contributed by atoms with Gasteiger partial charge in [-0.15, -0.1) is 0 Å². The van der Waals surface area contributed by atoms with Crippen LogP contribution in [-0.4, -0.2) is 22.4 Å². The van der Waals surface area contributed by atoms with Gasteiger partial charge in [-0.25, -0.2) is 9.13 Å². The minimum Gasteiger partial charge on any atom is -0.491 e. The number of hydrogen-bond donors (Lipinski definition) is 1. The summed E-state index contributed by atoms with van der Waals surface area (Å²) >= 11 is 0. The minimum atomic E-state index is -0.570. The molecule has 4 heteroatoms. The van der Waals surface area contributed by atoms with Crippen molar-refractivity contribution >= 4 is 11.0 Å². The lowest BCUT2D eigenvalue weighted by molar-refractivity contribution is -0.652. The van der Waals surface area contributed by atoms with E-state index < -0.39 is 6.10 Å². The van der Waals surface area contributed by atoms with Crippen LogP contribution in [0, 0.1) is 6.92 Å². The van der Waals surface area contributed by atoms with Gasteiger partial charge >= 0.3 is 0 Å². The number of para-hydroxylation sites is 2. The Morgan fingerprint density at radius 3 is 2.44 bits per heavy atom. The third-order valence-corrected chi connectivity index (χ3v) is 4.79. The van der Waals surface area contributed by atoms with E-state index in [1.54, 1.807) is 0 Å². The summed E-state index contributed by atoms with van der Waals surface area (Å²) in [5, 5.41) is 10.4. The van der Waals surface area contributed by atoms with Crippen LogP contribution in [0.5, 0.6) is 5.75 Å². The summed E-state index contributed by atoms with van der Waals surface area (Å²) in [5.74, 6) is 2.41. The first-order valence-electron chi connectivity index (χ1n) is 8.82. The molecule has 0 bridgehead atoms. The number of ether oxygens (including phenoxy) is 1. The number of aryl methyl sites for hydroxylation is 1. The summed E-state index contributed by atoms with van der Waals surface area (Å²) in [6.45, 7) is 7.19. The van der Waals surface area contributed by atoms with Gasteiger partial charge in [-0.05, 0) is 35.7 Å². The number of fused-ring (bicyclic) bond motifs is 1. The molecular weight excluding hydrogens is 312 g/mol. The smallest absolute Gasteiger partial charge is 0.254 e. The molecule has 0 fully saturated rings. The molecule has 3 aromatic rings. The van der Waals surface area contributed by atoms with E-state index in [0.29, 0.717) is 12.5 Å². The Bertz CT molecular complexity index is 850. The van der Waals surface area contributed by atoms with Crippen LogP contribution in [0.15, 0.2) is 48.5 Å². The Hall–Kier alpha value is -2.33. The van der Waals surface area contributed by atoms with Gasteiger partial charge in [0, 0.05) is 6.92 Å². The molecule has 0 aliphatic carbocycles. The number of aliphatic hydroxyl groups is 1. The molecule has 25 heavy (non-hydrogen) atoms. The number of rotatable bonds is 6. The molecule has 1 aromatic heterocycles. The van der Waals surface area contributed by atoms with Gasteiger partial charge in [0.05, 0.1) is 7.05 Å². The third kappa shape index (κ3) is 3.69. The van der Waals surface area contributed by atoms with E-state index in [2.05, 4.69) is 54.2 Å². The van der Waals surface area contributed by atoms with Gasteiger partial charge in [0.2, 0.25) is 0 Å². The number of aromatic nitrogens is 2. The zero-order valence-electron chi connectivity index (χ0n) is 15.4. The molecule has 0 radical (unpaired) electrons. The maximum absolute atomic E-state index is 10.4. The van der Waals surface area contributed by atoms with Crippen molar-refractivity contribution in [3.05, 3.63) is 59.9 Å². The SMILES string of the molecule is Cc1n(C[C@H](O)COc2ccc(C(C)C)cc2)c2ccccc2[n+]1C. The van der Waals surface area contributed by atoms with Crippen LogP contribution in [0.2, 0.25) is 0 Å². The van der Waals surface area contributed by atoms with E-state index in [-0.39, 0.29) is 6.61 Å². The molecule has 4 nitrogen and oxygen atoms in total. The number of imidazole rings is 1. The monoisotopic (exact) mass is 339 g/mol. The molecule has 0 amide bonds. The van der Waals surface area contributed by atoms with Crippen LogP contribution in [0.25, 0.3) is 11.0 Å². The Kier molecular flexibility index (Phi) is 5.09. The van der Waals surface area contributed by atoms with Crippen LogP contribution < -0.4 is 9.30 Å². The first-order chi connectivity index (χ1) is 12.0.